The van der Waals surface area contributed by atoms with Crippen LogP contribution in [0.3, 0.4) is 0 Å². The van der Waals surface area contributed by atoms with Gasteiger partial charge in [0.05, 0.1) is 0 Å². The first-order valence-electron chi connectivity index (χ1n) is 2.70. The van der Waals surface area contributed by atoms with E-state index in [0.29, 0.717) is 10.7 Å². The predicted molar refractivity (Wildman–Crippen MR) is 43.1 cm³/mol. The summed E-state index contributed by atoms with van der Waals surface area (Å²) in [6.07, 6.45) is 0. The van der Waals surface area contributed by atoms with E-state index in [9.17, 15) is 4.79 Å². The molecular formula is C6H9Cl2NO. The summed E-state index contributed by atoms with van der Waals surface area (Å²) >= 11 is 10.8. The fourth-order valence-corrected chi connectivity index (χ4v) is 0.640. The SMILES string of the molecule is CC(C(=O)Cl)=C(Cl)N(C)C. The molecule has 0 unspecified atom stereocenters. The fraction of sp³-hybridized carbons (Fsp3) is 0.500. The summed E-state index contributed by atoms with van der Waals surface area (Å²) < 4.78 is 0. The molecule has 0 aliphatic heterocycles. The number of carbonyl (C=O) groups excluding carboxylic acids is 1. The maximum Gasteiger partial charge on any atom is 0.251 e. The van der Waals surface area contributed by atoms with Gasteiger partial charge >= 0.3 is 0 Å². The van der Waals surface area contributed by atoms with Crippen LogP contribution in [-0.4, -0.2) is 24.2 Å². The highest BCUT2D eigenvalue weighted by atomic mass is 35.5. The van der Waals surface area contributed by atoms with Gasteiger partial charge in [-0.1, -0.05) is 11.6 Å². The van der Waals surface area contributed by atoms with E-state index in [1.807, 2.05) is 0 Å². The largest absolute Gasteiger partial charge is 0.368 e. The first-order valence-corrected chi connectivity index (χ1v) is 3.46. The molecule has 0 bridgehead atoms. The van der Waals surface area contributed by atoms with Gasteiger partial charge in [0.15, 0.2) is 0 Å². The number of carbonyl (C=O) groups is 1. The van der Waals surface area contributed by atoms with Crippen molar-refractivity contribution in [1.29, 1.82) is 0 Å². The first kappa shape index (κ1) is 9.79. The number of halogens is 2. The molecule has 10 heavy (non-hydrogen) atoms. The molecular weight excluding hydrogens is 173 g/mol. The van der Waals surface area contributed by atoms with Crippen molar-refractivity contribution in [3.8, 4) is 0 Å². The summed E-state index contributed by atoms with van der Waals surface area (Å²) in [5.41, 5.74) is 0.369. The van der Waals surface area contributed by atoms with Crippen molar-refractivity contribution in [1.82, 2.24) is 4.90 Å². The van der Waals surface area contributed by atoms with Crippen LogP contribution >= 0.6 is 23.2 Å². The highest BCUT2D eigenvalue weighted by Crippen LogP contribution is 2.13. The predicted octanol–water partition coefficient (Wildman–Crippen LogP) is 1.78. The number of hydrogen-bond donors (Lipinski definition) is 0. The quantitative estimate of drug-likeness (QED) is 0.368. The molecule has 0 atom stereocenters. The Labute approximate surface area is 70.4 Å². The molecule has 0 saturated carbocycles. The van der Waals surface area contributed by atoms with Crippen molar-refractivity contribution in [2.45, 2.75) is 6.92 Å². The lowest BCUT2D eigenvalue weighted by Crippen LogP contribution is -2.10. The Kier molecular flexibility index (Phi) is 3.76. The van der Waals surface area contributed by atoms with E-state index in [1.165, 1.54) is 0 Å². The van der Waals surface area contributed by atoms with Crippen molar-refractivity contribution in [3.05, 3.63) is 10.7 Å². The molecule has 0 amide bonds. The van der Waals surface area contributed by atoms with Crippen molar-refractivity contribution < 1.29 is 4.79 Å². The summed E-state index contributed by atoms with van der Waals surface area (Å²) in [5.74, 6) is 0. The van der Waals surface area contributed by atoms with Gasteiger partial charge in [-0.25, -0.2) is 0 Å². The zero-order chi connectivity index (χ0) is 8.31. The zero-order valence-electron chi connectivity index (χ0n) is 6.11. The summed E-state index contributed by atoms with van der Waals surface area (Å²) in [6, 6.07) is 0. The smallest absolute Gasteiger partial charge is 0.251 e. The van der Waals surface area contributed by atoms with Crippen molar-refractivity contribution in [3.63, 3.8) is 0 Å². The van der Waals surface area contributed by atoms with E-state index < -0.39 is 5.24 Å². The molecule has 0 heterocycles. The second-order valence-electron chi connectivity index (χ2n) is 2.08. The molecule has 0 fully saturated rings. The Hall–Kier alpha value is -0.210. The van der Waals surface area contributed by atoms with Gasteiger partial charge in [0.25, 0.3) is 5.24 Å². The summed E-state index contributed by atoms with van der Waals surface area (Å²) in [4.78, 5) is 12.1. The van der Waals surface area contributed by atoms with Crippen molar-refractivity contribution in [2.24, 2.45) is 0 Å². The minimum Gasteiger partial charge on any atom is -0.368 e. The van der Waals surface area contributed by atoms with Gasteiger partial charge in [0.2, 0.25) is 0 Å². The Bertz CT molecular complexity index is 175. The maximum absolute atomic E-state index is 10.5. The molecule has 0 spiro atoms. The third-order valence-electron chi connectivity index (χ3n) is 0.997. The van der Waals surface area contributed by atoms with Gasteiger partial charge in [-0.2, -0.15) is 0 Å². The van der Waals surface area contributed by atoms with Crippen LogP contribution in [0.2, 0.25) is 0 Å². The van der Waals surface area contributed by atoms with Crippen LogP contribution in [0.5, 0.6) is 0 Å². The number of rotatable bonds is 2. The Morgan fingerprint density at radius 3 is 1.80 bits per heavy atom. The molecule has 0 aliphatic carbocycles. The molecule has 0 aromatic rings. The second-order valence-corrected chi connectivity index (χ2v) is 2.79. The first-order chi connectivity index (χ1) is 4.46. The van der Waals surface area contributed by atoms with Crippen LogP contribution in [0.4, 0.5) is 0 Å². The molecule has 0 radical (unpaired) electrons. The second kappa shape index (κ2) is 3.84. The molecule has 0 saturated heterocycles. The molecule has 0 aromatic heterocycles. The minimum absolute atomic E-state index is 0.369. The Morgan fingerprint density at radius 1 is 1.30 bits per heavy atom. The third kappa shape index (κ3) is 2.58. The van der Waals surface area contributed by atoms with Crippen LogP contribution in [0.1, 0.15) is 6.92 Å². The lowest BCUT2D eigenvalue weighted by molar-refractivity contribution is -0.108. The topological polar surface area (TPSA) is 20.3 Å². The number of allylic oxidation sites excluding steroid dienone is 1. The monoisotopic (exact) mass is 181 g/mol. The third-order valence-corrected chi connectivity index (χ3v) is 1.90. The zero-order valence-corrected chi connectivity index (χ0v) is 7.62. The average Bonchev–Trinajstić information content (AvgIpc) is 1.84. The molecule has 0 N–H and O–H groups in total. The molecule has 2 nitrogen and oxygen atoms in total. The highest BCUT2D eigenvalue weighted by molar-refractivity contribution is 6.68. The van der Waals surface area contributed by atoms with E-state index >= 15 is 0 Å². The number of nitrogens with zero attached hydrogens (tertiary/aromatic N) is 1. The minimum atomic E-state index is -0.515. The van der Waals surface area contributed by atoms with Crippen LogP contribution in [0, 0.1) is 0 Å². The molecule has 0 rings (SSSR count). The normalized spacial score (nSPS) is 12.5. The standard InChI is InChI=1S/C6H9Cl2NO/c1-4(6(8)10)5(7)9(2)3/h1-3H3. The van der Waals surface area contributed by atoms with Crippen LogP contribution in [-0.2, 0) is 4.79 Å². The van der Waals surface area contributed by atoms with Crippen molar-refractivity contribution in [2.75, 3.05) is 14.1 Å². The molecule has 0 aliphatic rings. The summed E-state index contributed by atoms with van der Waals surface area (Å²) in [7, 11) is 3.48. The summed E-state index contributed by atoms with van der Waals surface area (Å²) in [5, 5.41) is -0.140. The molecule has 58 valence electrons. The lowest BCUT2D eigenvalue weighted by atomic mass is 10.3. The van der Waals surface area contributed by atoms with Gasteiger partial charge in [0.1, 0.15) is 5.16 Å². The van der Waals surface area contributed by atoms with E-state index in [2.05, 4.69) is 0 Å². The van der Waals surface area contributed by atoms with Crippen LogP contribution < -0.4 is 0 Å². The van der Waals surface area contributed by atoms with E-state index in [-0.39, 0.29) is 0 Å². The van der Waals surface area contributed by atoms with Gasteiger partial charge in [-0.3, -0.25) is 4.79 Å². The van der Waals surface area contributed by atoms with E-state index in [1.54, 1.807) is 25.9 Å². The van der Waals surface area contributed by atoms with Gasteiger partial charge < -0.3 is 4.90 Å². The van der Waals surface area contributed by atoms with Gasteiger partial charge in [-0.05, 0) is 18.5 Å². The average molecular weight is 182 g/mol. The number of hydrogen-bond acceptors (Lipinski definition) is 2. The Morgan fingerprint density at radius 2 is 1.70 bits per heavy atom. The fourth-order valence-electron chi connectivity index (χ4n) is 0.417. The Balaban J connectivity index is 4.50. The highest BCUT2D eigenvalue weighted by Gasteiger charge is 2.06. The molecule has 4 heteroatoms. The van der Waals surface area contributed by atoms with E-state index in [4.69, 9.17) is 23.2 Å². The van der Waals surface area contributed by atoms with Gasteiger partial charge in [0, 0.05) is 19.7 Å². The van der Waals surface area contributed by atoms with Crippen LogP contribution in [0.25, 0.3) is 0 Å². The lowest BCUT2D eigenvalue weighted by Gasteiger charge is -2.11. The van der Waals surface area contributed by atoms with Crippen molar-refractivity contribution >= 4 is 28.4 Å². The van der Waals surface area contributed by atoms with Gasteiger partial charge in [-0.15, -0.1) is 0 Å². The maximum atomic E-state index is 10.5. The van der Waals surface area contributed by atoms with Crippen LogP contribution in [0.15, 0.2) is 10.7 Å². The molecule has 0 aromatic carbocycles. The summed E-state index contributed by atoms with van der Waals surface area (Å²) in [6.45, 7) is 1.58. The van der Waals surface area contributed by atoms with E-state index in [0.717, 1.165) is 0 Å².